The molecule has 1 fully saturated rings. The summed E-state index contributed by atoms with van der Waals surface area (Å²) in [6, 6.07) is 0. The molecule has 0 saturated carbocycles. The Morgan fingerprint density at radius 3 is 1.50 bits per heavy atom. The molecular weight excluding hydrogens is 484 g/mol. The van der Waals surface area contributed by atoms with E-state index in [1.807, 2.05) is 6.92 Å². The number of unbranched alkanes of at least 4 members (excludes halogenated alkanes) is 18. The third kappa shape index (κ3) is 17.1. The van der Waals surface area contributed by atoms with Crippen LogP contribution in [-0.2, 0) is 19.0 Å². The Hall–Kier alpha value is -0.730. The lowest BCUT2D eigenvalue weighted by molar-refractivity contribution is -0.301. The van der Waals surface area contributed by atoms with Gasteiger partial charge in [-0.25, -0.2) is 0 Å². The molecule has 3 N–H and O–H groups in total. The molecule has 0 aromatic heterocycles. The average molecular weight is 545 g/mol. The second-order valence-corrected chi connectivity index (χ2v) is 11.2. The van der Waals surface area contributed by atoms with E-state index in [0.29, 0.717) is 13.0 Å². The van der Waals surface area contributed by atoms with Crippen molar-refractivity contribution >= 4 is 5.97 Å². The number of aliphatic hydroxyl groups excluding tert-OH is 3. The molecule has 0 aliphatic carbocycles. The number of hydrogen-bond acceptors (Lipinski definition) is 7. The molecule has 38 heavy (non-hydrogen) atoms. The maximum Gasteiger partial charge on any atom is 0.305 e. The lowest BCUT2D eigenvalue weighted by atomic mass is 9.99. The van der Waals surface area contributed by atoms with Crippen molar-refractivity contribution < 1.29 is 34.3 Å². The van der Waals surface area contributed by atoms with Gasteiger partial charge < -0.3 is 29.5 Å². The molecule has 0 spiro atoms. The Morgan fingerprint density at radius 1 is 0.605 bits per heavy atom. The molecule has 0 radical (unpaired) electrons. The fourth-order valence-corrected chi connectivity index (χ4v) is 5.02. The van der Waals surface area contributed by atoms with E-state index in [2.05, 4.69) is 6.92 Å². The number of aliphatic hydroxyl groups is 3. The van der Waals surface area contributed by atoms with Gasteiger partial charge in [-0.3, -0.25) is 4.79 Å². The molecule has 5 atom stereocenters. The van der Waals surface area contributed by atoms with Crippen molar-refractivity contribution in [1.82, 2.24) is 0 Å². The van der Waals surface area contributed by atoms with Gasteiger partial charge in [-0.2, -0.15) is 0 Å². The summed E-state index contributed by atoms with van der Waals surface area (Å²) < 4.78 is 16.2. The molecule has 0 aromatic rings. The second-order valence-electron chi connectivity index (χ2n) is 11.2. The third-order valence-corrected chi connectivity index (χ3v) is 7.55. The van der Waals surface area contributed by atoms with E-state index < -0.39 is 30.7 Å². The van der Waals surface area contributed by atoms with Crippen LogP contribution in [0.2, 0.25) is 0 Å². The van der Waals surface area contributed by atoms with E-state index in [9.17, 15) is 20.1 Å². The Labute approximate surface area is 233 Å². The molecule has 0 bridgehead atoms. The summed E-state index contributed by atoms with van der Waals surface area (Å²) in [5.74, 6) is -0.334. The first-order valence-corrected chi connectivity index (χ1v) is 16.0. The summed E-state index contributed by atoms with van der Waals surface area (Å²) in [5.41, 5.74) is 0. The van der Waals surface area contributed by atoms with Gasteiger partial charge in [0.15, 0.2) is 6.29 Å². The topological polar surface area (TPSA) is 105 Å². The van der Waals surface area contributed by atoms with Crippen molar-refractivity contribution in [3.63, 3.8) is 0 Å². The normalized spacial score (nSPS) is 23.6. The number of rotatable bonds is 25. The van der Waals surface area contributed by atoms with E-state index in [1.165, 1.54) is 103 Å². The Morgan fingerprint density at radius 2 is 1.05 bits per heavy atom. The molecule has 7 heteroatoms. The number of carbonyl (C=O) groups excluding carboxylic acids is 1. The first-order chi connectivity index (χ1) is 18.5. The quantitative estimate of drug-likeness (QED) is 0.0880. The summed E-state index contributed by atoms with van der Waals surface area (Å²) >= 11 is 0. The summed E-state index contributed by atoms with van der Waals surface area (Å²) in [4.78, 5) is 12.1. The van der Waals surface area contributed by atoms with Crippen LogP contribution in [0.3, 0.4) is 0 Å². The Bertz CT molecular complexity index is 544. The van der Waals surface area contributed by atoms with Gasteiger partial charge in [0.1, 0.15) is 31.0 Å². The van der Waals surface area contributed by atoms with E-state index in [1.54, 1.807) is 0 Å². The van der Waals surface area contributed by atoms with E-state index >= 15 is 0 Å². The number of ether oxygens (including phenoxy) is 3. The van der Waals surface area contributed by atoms with Gasteiger partial charge in [-0.15, -0.1) is 0 Å². The SMILES string of the molecule is CCCCCCCCCCCCCCCCCCCCCC(=O)OC[C@H]1OC(OCCC)[C@H](O)[C@@H](O)[C@@H]1O. The maximum atomic E-state index is 12.1. The first kappa shape index (κ1) is 35.3. The molecule has 1 unspecified atom stereocenters. The van der Waals surface area contributed by atoms with Gasteiger partial charge in [-0.1, -0.05) is 129 Å². The Balaban J connectivity index is 1.90. The zero-order chi connectivity index (χ0) is 27.8. The van der Waals surface area contributed by atoms with Crippen LogP contribution in [-0.4, -0.2) is 65.2 Å². The van der Waals surface area contributed by atoms with Crippen LogP contribution >= 0.6 is 0 Å². The van der Waals surface area contributed by atoms with Gasteiger partial charge >= 0.3 is 5.97 Å². The molecule has 1 rings (SSSR count). The van der Waals surface area contributed by atoms with Gasteiger partial charge in [0.05, 0.1) is 0 Å². The fourth-order valence-electron chi connectivity index (χ4n) is 5.02. The van der Waals surface area contributed by atoms with Gasteiger partial charge in [-0.05, 0) is 12.8 Å². The monoisotopic (exact) mass is 544 g/mol. The highest BCUT2D eigenvalue weighted by atomic mass is 16.7. The number of hydrogen-bond donors (Lipinski definition) is 3. The molecule has 1 aliphatic heterocycles. The molecule has 0 amide bonds. The van der Waals surface area contributed by atoms with Crippen molar-refractivity contribution in [2.24, 2.45) is 0 Å². The minimum Gasteiger partial charge on any atom is -0.463 e. The van der Waals surface area contributed by atoms with Crippen molar-refractivity contribution in [2.75, 3.05) is 13.2 Å². The van der Waals surface area contributed by atoms with Crippen LogP contribution in [0.5, 0.6) is 0 Å². The van der Waals surface area contributed by atoms with Gasteiger partial charge in [0, 0.05) is 13.0 Å². The standard InChI is InChI=1S/C31H60O7/c1-3-5-6-7-8-9-10-11-12-13-14-15-16-17-18-19-20-21-22-23-27(32)37-25-26-28(33)29(34)30(35)31(38-26)36-24-4-2/h26,28-31,33-35H,3-25H2,1-2H3/t26-,28-,29+,30-,31?/m1/s1. The zero-order valence-corrected chi connectivity index (χ0v) is 24.6. The highest BCUT2D eigenvalue weighted by Crippen LogP contribution is 2.23. The number of esters is 1. The largest absolute Gasteiger partial charge is 0.463 e. The highest BCUT2D eigenvalue weighted by Gasteiger charge is 2.44. The summed E-state index contributed by atoms with van der Waals surface area (Å²) in [7, 11) is 0. The van der Waals surface area contributed by atoms with Gasteiger partial charge in [0.2, 0.25) is 0 Å². The molecule has 1 aliphatic rings. The van der Waals surface area contributed by atoms with Crippen molar-refractivity contribution in [2.45, 2.75) is 179 Å². The summed E-state index contributed by atoms with van der Waals surface area (Å²) in [5, 5.41) is 30.1. The van der Waals surface area contributed by atoms with Crippen molar-refractivity contribution in [3.05, 3.63) is 0 Å². The van der Waals surface area contributed by atoms with Crippen LogP contribution in [0, 0.1) is 0 Å². The molecule has 7 nitrogen and oxygen atoms in total. The minimum absolute atomic E-state index is 0.172. The van der Waals surface area contributed by atoms with Crippen LogP contribution < -0.4 is 0 Å². The van der Waals surface area contributed by atoms with E-state index in [0.717, 1.165) is 25.7 Å². The maximum absolute atomic E-state index is 12.1. The molecular formula is C31H60O7. The zero-order valence-electron chi connectivity index (χ0n) is 24.6. The highest BCUT2D eigenvalue weighted by molar-refractivity contribution is 5.69. The lowest BCUT2D eigenvalue weighted by Crippen LogP contribution is -2.59. The average Bonchev–Trinajstić information content (AvgIpc) is 2.92. The number of carbonyl (C=O) groups is 1. The van der Waals surface area contributed by atoms with Crippen LogP contribution in [0.15, 0.2) is 0 Å². The molecule has 226 valence electrons. The van der Waals surface area contributed by atoms with E-state index in [-0.39, 0.29) is 12.6 Å². The predicted molar refractivity (Wildman–Crippen MR) is 152 cm³/mol. The second kappa shape index (κ2) is 24.1. The molecule has 1 saturated heterocycles. The smallest absolute Gasteiger partial charge is 0.305 e. The lowest BCUT2D eigenvalue weighted by Gasteiger charge is -2.39. The Kier molecular flexibility index (Phi) is 22.4. The van der Waals surface area contributed by atoms with Crippen LogP contribution in [0.25, 0.3) is 0 Å². The van der Waals surface area contributed by atoms with Crippen molar-refractivity contribution in [1.29, 1.82) is 0 Å². The summed E-state index contributed by atoms with van der Waals surface area (Å²) in [6.45, 7) is 4.38. The van der Waals surface area contributed by atoms with Crippen LogP contribution in [0.1, 0.15) is 149 Å². The summed E-state index contributed by atoms with van der Waals surface area (Å²) in [6.07, 6.45) is 19.9. The third-order valence-electron chi connectivity index (χ3n) is 7.55. The van der Waals surface area contributed by atoms with Gasteiger partial charge in [0.25, 0.3) is 0 Å². The predicted octanol–water partition coefficient (Wildman–Crippen LogP) is 6.59. The minimum atomic E-state index is -1.41. The van der Waals surface area contributed by atoms with Crippen LogP contribution in [0.4, 0.5) is 0 Å². The molecule has 1 heterocycles. The first-order valence-electron chi connectivity index (χ1n) is 16.0. The molecule has 0 aromatic carbocycles. The van der Waals surface area contributed by atoms with Crippen molar-refractivity contribution in [3.8, 4) is 0 Å². The van der Waals surface area contributed by atoms with E-state index in [4.69, 9.17) is 14.2 Å². The fraction of sp³-hybridized carbons (Fsp3) is 0.968.